The molecule has 1 N–H and O–H groups in total. The van der Waals surface area contributed by atoms with E-state index in [0.29, 0.717) is 12.4 Å². The fourth-order valence-corrected chi connectivity index (χ4v) is 4.99. The van der Waals surface area contributed by atoms with Gasteiger partial charge in [-0.15, -0.1) is 0 Å². The third-order valence-corrected chi connectivity index (χ3v) is 6.34. The lowest BCUT2D eigenvalue weighted by molar-refractivity contribution is -0.121. The maximum atomic E-state index is 13.1. The van der Waals surface area contributed by atoms with Crippen LogP contribution in [0.3, 0.4) is 0 Å². The lowest BCUT2D eigenvalue weighted by Crippen LogP contribution is -2.26. The number of hydrogen-bond donors (Lipinski definition) is 1. The van der Waals surface area contributed by atoms with Gasteiger partial charge in [-0.05, 0) is 66.2 Å². The number of benzene rings is 4. The zero-order chi connectivity index (χ0) is 23.8. The Kier molecular flexibility index (Phi) is 8.28. The second kappa shape index (κ2) is 11.8. The minimum absolute atomic E-state index is 0.199. The molecule has 4 aromatic carbocycles. The van der Waals surface area contributed by atoms with Crippen LogP contribution in [0.15, 0.2) is 117 Å². The first-order chi connectivity index (χ1) is 16.6. The average Bonchev–Trinajstić information content (AvgIpc) is 2.86. The number of nitrogens with one attached hydrogen (secondary N) is 1. The summed E-state index contributed by atoms with van der Waals surface area (Å²) in [5.41, 5.74) is 6.41. The summed E-state index contributed by atoms with van der Waals surface area (Å²) in [4.78, 5) is 13.1. The molecule has 0 fully saturated rings. The summed E-state index contributed by atoms with van der Waals surface area (Å²) in [5, 5.41) is 4.21. The zero-order valence-electron chi connectivity index (χ0n) is 18.2. The van der Waals surface area contributed by atoms with Crippen LogP contribution in [0, 0.1) is 0 Å². The minimum Gasteiger partial charge on any atom is -0.487 e. The topological polar surface area (TPSA) is 50.7 Å². The number of rotatable bonds is 8. The first-order valence-electron chi connectivity index (χ1n) is 10.7. The van der Waals surface area contributed by atoms with Crippen molar-refractivity contribution in [2.45, 2.75) is 12.5 Å². The van der Waals surface area contributed by atoms with Crippen LogP contribution in [0.25, 0.3) is 0 Å². The van der Waals surface area contributed by atoms with E-state index in [2.05, 4.69) is 42.4 Å². The molecule has 4 aromatic rings. The zero-order valence-corrected chi connectivity index (χ0v) is 21.4. The summed E-state index contributed by atoms with van der Waals surface area (Å²) in [6, 6.07) is 33.1. The van der Waals surface area contributed by atoms with Crippen molar-refractivity contribution in [2.75, 3.05) is 0 Å². The van der Waals surface area contributed by atoms with Gasteiger partial charge in [0, 0.05) is 0 Å². The summed E-state index contributed by atoms with van der Waals surface area (Å²) in [6.45, 7) is 0.460. The second-order valence-corrected chi connectivity index (χ2v) is 9.29. The van der Waals surface area contributed by atoms with E-state index in [0.717, 1.165) is 31.2 Å². The van der Waals surface area contributed by atoms with Gasteiger partial charge in [0.2, 0.25) is 0 Å². The Balaban J connectivity index is 1.46. The van der Waals surface area contributed by atoms with Crippen molar-refractivity contribution in [3.63, 3.8) is 0 Å². The van der Waals surface area contributed by atoms with Crippen LogP contribution in [0.4, 0.5) is 0 Å². The van der Waals surface area contributed by atoms with E-state index >= 15 is 0 Å². The number of hydrazone groups is 1. The van der Waals surface area contributed by atoms with E-state index in [1.54, 1.807) is 6.21 Å². The molecule has 0 spiro atoms. The minimum atomic E-state index is -0.452. The van der Waals surface area contributed by atoms with Crippen LogP contribution in [-0.2, 0) is 11.4 Å². The molecule has 0 unspecified atom stereocenters. The first-order valence-corrected chi connectivity index (χ1v) is 12.3. The number of nitrogens with zero attached hydrogens (tertiary/aromatic N) is 1. The average molecular weight is 578 g/mol. The number of carbonyl (C=O) groups excluding carboxylic acids is 1. The van der Waals surface area contributed by atoms with Gasteiger partial charge in [0.25, 0.3) is 5.91 Å². The molecule has 4 rings (SSSR count). The van der Waals surface area contributed by atoms with Crippen molar-refractivity contribution in [2.24, 2.45) is 5.10 Å². The van der Waals surface area contributed by atoms with Crippen LogP contribution in [0.5, 0.6) is 5.75 Å². The number of ether oxygens (including phenoxy) is 1. The molecule has 6 heteroatoms. The molecule has 0 aromatic heterocycles. The van der Waals surface area contributed by atoms with Gasteiger partial charge in [-0.25, -0.2) is 5.43 Å². The van der Waals surface area contributed by atoms with E-state index in [9.17, 15) is 4.79 Å². The molecule has 0 radical (unpaired) electrons. The molecule has 0 bridgehead atoms. The summed E-state index contributed by atoms with van der Waals surface area (Å²) in [6.07, 6.45) is 1.61. The van der Waals surface area contributed by atoms with Crippen molar-refractivity contribution in [3.8, 4) is 5.75 Å². The van der Waals surface area contributed by atoms with Gasteiger partial charge < -0.3 is 4.74 Å². The van der Waals surface area contributed by atoms with Gasteiger partial charge in [-0.1, -0.05) is 91.0 Å². The monoisotopic (exact) mass is 576 g/mol. The molecule has 1 amide bonds. The van der Waals surface area contributed by atoms with E-state index in [1.807, 2.05) is 103 Å². The van der Waals surface area contributed by atoms with Gasteiger partial charge in [0.05, 0.1) is 21.1 Å². The Labute approximate surface area is 215 Å². The largest absolute Gasteiger partial charge is 0.487 e. The van der Waals surface area contributed by atoms with Crippen molar-refractivity contribution in [1.82, 2.24) is 5.43 Å². The third-order valence-electron chi connectivity index (χ3n) is 5.16. The Morgan fingerprint density at radius 2 is 1.32 bits per heavy atom. The predicted octanol–water partition coefficient (Wildman–Crippen LogP) is 7.07. The molecule has 0 saturated heterocycles. The number of halogens is 2. The van der Waals surface area contributed by atoms with Gasteiger partial charge in [0.15, 0.2) is 0 Å². The van der Waals surface area contributed by atoms with Crippen LogP contribution < -0.4 is 10.2 Å². The molecule has 34 heavy (non-hydrogen) atoms. The molecule has 0 heterocycles. The predicted molar refractivity (Wildman–Crippen MR) is 143 cm³/mol. The maximum Gasteiger partial charge on any atom is 0.252 e. The SMILES string of the molecule is O=C(N/N=C/c1cc(Br)c(OCc2ccccc2)c(Br)c1)C(c1ccccc1)c1ccccc1. The smallest absolute Gasteiger partial charge is 0.252 e. The number of amides is 1. The van der Waals surface area contributed by atoms with Gasteiger partial charge in [0.1, 0.15) is 12.4 Å². The molecule has 0 aliphatic rings. The lowest BCUT2D eigenvalue weighted by atomic mass is 9.91. The Hall–Kier alpha value is -3.22. The van der Waals surface area contributed by atoms with E-state index in [1.165, 1.54) is 0 Å². The second-order valence-electron chi connectivity index (χ2n) is 7.58. The van der Waals surface area contributed by atoms with Gasteiger partial charge in [-0.3, -0.25) is 4.79 Å². The van der Waals surface area contributed by atoms with Crippen molar-refractivity contribution in [1.29, 1.82) is 0 Å². The Bertz CT molecular complexity index is 1200. The first kappa shape index (κ1) is 23.9. The van der Waals surface area contributed by atoms with Crippen LogP contribution in [0.2, 0.25) is 0 Å². The third kappa shape index (κ3) is 6.22. The summed E-state index contributed by atoms with van der Waals surface area (Å²) >= 11 is 7.15. The normalized spacial score (nSPS) is 11.0. The van der Waals surface area contributed by atoms with Gasteiger partial charge in [-0.2, -0.15) is 5.10 Å². The van der Waals surface area contributed by atoms with E-state index in [4.69, 9.17) is 4.74 Å². The molecule has 0 aliphatic carbocycles. The standard InChI is InChI=1S/C28H22Br2N2O2/c29-24-16-21(17-25(30)27(24)34-19-20-10-4-1-5-11-20)18-31-32-28(33)26(22-12-6-2-7-13-22)23-14-8-3-9-15-23/h1-18,26H,19H2,(H,32,33)/b31-18+. The molecular formula is C28H22Br2N2O2. The highest BCUT2D eigenvalue weighted by molar-refractivity contribution is 9.11. The Morgan fingerprint density at radius 3 is 1.85 bits per heavy atom. The quantitative estimate of drug-likeness (QED) is 0.180. The van der Waals surface area contributed by atoms with Crippen LogP contribution in [0.1, 0.15) is 28.2 Å². The summed E-state index contributed by atoms with van der Waals surface area (Å²) in [7, 11) is 0. The summed E-state index contributed by atoms with van der Waals surface area (Å²) < 4.78 is 7.55. The van der Waals surface area contributed by atoms with E-state index in [-0.39, 0.29) is 5.91 Å². The van der Waals surface area contributed by atoms with Crippen molar-refractivity contribution < 1.29 is 9.53 Å². The molecule has 4 nitrogen and oxygen atoms in total. The highest BCUT2D eigenvalue weighted by atomic mass is 79.9. The molecule has 170 valence electrons. The lowest BCUT2D eigenvalue weighted by Gasteiger charge is -2.16. The number of carbonyl (C=O) groups is 1. The highest BCUT2D eigenvalue weighted by Gasteiger charge is 2.22. The fraction of sp³-hybridized carbons (Fsp3) is 0.0714. The van der Waals surface area contributed by atoms with Crippen molar-refractivity contribution in [3.05, 3.63) is 134 Å². The molecular weight excluding hydrogens is 556 g/mol. The summed E-state index contributed by atoms with van der Waals surface area (Å²) in [5.74, 6) is 0.0552. The molecule has 0 saturated carbocycles. The molecule has 0 atom stereocenters. The molecule has 0 aliphatic heterocycles. The highest BCUT2D eigenvalue weighted by Crippen LogP contribution is 2.35. The Morgan fingerprint density at radius 1 is 0.824 bits per heavy atom. The van der Waals surface area contributed by atoms with Crippen LogP contribution in [-0.4, -0.2) is 12.1 Å². The van der Waals surface area contributed by atoms with Crippen molar-refractivity contribution >= 4 is 44.0 Å². The van der Waals surface area contributed by atoms with E-state index < -0.39 is 5.92 Å². The maximum absolute atomic E-state index is 13.1. The van der Waals surface area contributed by atoms with Gasteiger partial charge >= 0.3 is 0 Å². The fourth-order valence-electron chi connectivity index (χ4n) is 3.54. The van der Waals surface area contributed by atoms with Crippen LogP contribution >= 0.6 is 31.9 Å². The number of hydrogen-bond acceptors (Lipinski definition) is 3.